The Hall–Kier alpha value is -0.820. The minimum atomic E-state index is 0.0781. The lowest BCUT2D eigenvalue weighted by Gasteiger charge is -2.05. The highest BCUT2D eigenvalue weighted by atomic mass is 35.5. The largest absolute Gasteiger partial charge is 0.295 e. The highest BCUT2D eigenvalue weighted by molar-refractivity contribution is 6.31. The van der Waals surface area contributed by atoms with Gasteiger partial charge in [-0.2, -0.15) is 0 Å². The van der Waals surface area contributed by atoms with Crippen LogP contribution in [-0.4, -0.2) is 5.78 Å². The molecule has 0 unspecified atom stereocenters. The molecule has 0 amide bonds. The van der Waals surface area contributed by atoms with Crippen LogP contribution in [0.3, 0.4) is 0 Å². The first kappa shape index (κ1) is 9.27. The zero-order chi connectivity index (χ0) is 9.14. The minimum absolute atomic E-state index is 0.0781. The average Bonchev–Trinajstić information content (AvgIpc) is 2.03. The molecule has 0 aliphatic heterocycles. The van der Waals surface area contributed by atoms with Gasteiger partial charge in [0.15, 0.2) is 5.78 Å². The van der Waals surface area contributed by atoms with E-state index in [-0.39, 0.29) is 5.78 Å². The molecule has 1 aromatic carbocycles. The number of hydrogen-bond donors (Lipinski definition) is 0. The van der Waals surface area contributed by atoms with E-state index in [0.29, 0.717) is 5.02 Å². The van der Waals surface area contributed by atoms with Gasteiger partial charge >= 0.3 is 0 Å². The quantitative estimate of drug-likeness (QED) is 0.643. The SMILES string of the molecule is CCc1c(Cl)cccc1C(C)=O. The molecule has 12 heavy (non-hydrogen) atoms. The first-order chi connectivity index (χ1) is 5.66. The van der Waals surface area contributed by atoms with Gasteiger partial charge in [-0.3, -0.25) is 4.79 Å². The Morgan fingerprint density at radius 2 is 2.17 bits per heavy atom. The summed E-state index contributed by atoms with van der Waals surface area (Å²) in [4.78, 5) is 11.1. The monoisotopic (exact) mass is 182 g/mol. The molecule has 0 aliphatic rings. The summed E-state index contributed by atoms with van der Waals surface area (Å²) in [5.41, 5.74) is 1.69. The Balaban J connectivity index is 3.27. The van der Waals surface area contributed by atoms with Crippen LogP contribution in [-0.2, 0) is 6.42 Å². The molecule has 0 aliphatic carbocycles. The summed E-state index contributed by atoms with van der Waals surface area (Å²) in [7, 11) is 0. The Labute approximate surface area is 77.4 Å². The Kier molecular flexibility index (Phi) is 2.88. The van der Waals surface area contributed by atoms with Crippen molar-refractivity contribution in [3.05, 3.63) is 34.3 Å². The Bertz CT molecular complexity index is 305. The van der Waals surface area contributed by atoms with Crippen LogP contribution >= 0.6 is 11.6 Å². The van der Waals surface area contributed by atoms with Crippen LogP contribution in [0.5, 0.6) is 0 Å². The van der Waals surface area contributed by atoms with Crippen molar-refractivity contribution in [2.75, 3.05) is 0 Å². The maximum Gasteiger partial charge on any atom is 0.160 e. The molecule has 0 atom stereocenters. The highest BCUT2D eigenvalue weighted by Crippen LogP contribution is 2.20. The van der Waals surface area contributed by atoms with E-state index in [4.69, 9.17) is 11.6 Å². The van der Waals surface area contributed by atoms with E-state index < -0.39 is 0 Å². The molecule has 0 saturated carbocycles. The van der Waals surface area contributed by atoms with Crippen LogP contribution in [0.15, 0.2) is 18.2 Å². The molecule has 0 N–H and O–H groups in total. The van der Waals surface area contributed by atoms with Crippen LogP contribution in [0.4, 0.5) is 0 Å². The molecule has 0 spiro atoms. The lowest BCUT2D eigenvalue weighted by atomic mass is 10.0. The van der Waals surface area contributed by atoms with Crippen molar-refractivity contribution in [1.29, 1.82) is 0 Å². The van der Waals surface area contributed by atoms with Crippen molar-refractivity contribution < 1.29 is 4.79 Å². The number of carbonyl (C=O) groups is 1. The molecule has 0 heterocycles. The molecule has 0 saturated heterocycles. The lowest BCUT2D eigenvalue weighted by molar-refractivity contribution is 0.101. The molecule has 0 radical (unpaired) electrons. The number of ketones is 1. The molecular weight excluding hydrogens is 172 g/mol. The van der Waals surface area contributed by atoms with Gasteiger partial charge in [-0.15, -0.1) is 0 Å². The van der Waals surface area contributed by atoms with E-state index in [0.717, 1.165) is 17.5 Å². The van der Waals surface area contributed by atoms with Gasteiger partial charge < -0.3 is 0 Å². The fraction of sp³-hybridized carbons (Fsp3) is 0.300. The molecule has 0 aromatic heterocycles. The summed E-state index contributed by atoms with van der Waals surface area (Å²) in [6, 6.07) is 5.43. The third-order valence-corrected chi connectivity index (χ3v) is 2.21. The minimum Gasteiger partial charge on any atom is -0.295 e. The van der Waals surface area contributed by atoms with E-state index >= 15 is 0 Å². The molecule has 1 rings (SSSR count). The smallest absolute Gasteiger partial charge is 0.160 e. The van der Waals surface area contributed by atoms with Gasteiger partial charge in [-0.05, 0) is 25.0 Å². The zero-order valence-corrected chi connectivity index (χ0v) is 7.98. The van der Waals surface area contributed by atoms with Crippen LogP contribution in [0.25, 0.3) is 0 Å². The lowest BCUT2D eigenvalue weighted by Crippen LogP contribution is -1.98. The zero-order valence-electron chi connectivity index (χ0n) is 7.23. The maximum absolute atomic E-state index is 11.1. The van der Waals surface area contributed by atoms with E-state index in [1.807, 2.05) is 19.1 Å². The van der Waals surface area contributed by atoms with Gasteiger partial charge in [0.25, 0.3) is 0 Å². The van der Waals surface area contributed by atoms with Gasteiger partial charge in [-0.1, -0.05) is 30.7 Å². The number of carbonyl (C=O) groups excluding carboxylic acids is 1. The summed E-state index contributed by atoms with van der Waals surface area (Å²) in [6.07, 6.45) is 0.800. The van der Waals surface area contributed by atoms with Gasteiger partial charge in [-0.25, -0.2) is 0 Å². The number of hydrogen-bond acceptors (Lipinski definition) is 1. The normalized spacial score (nSPS) is 9.92. The van der Waals surface area contributed by atoms with Gasteiger partial charge in [0.1, 0.15) is 0 Å². The predicted octanol–water partition coefficient (Wildman–Crippen LogP) is 3.11. The van der Waals surface area contributed by atoms with Crippen LogP contribution in [0.2, 0.25) is 5.02 Å². The van der Waals surface area contributed by atoms with Crippen molar-refractivity contribution in [3.8, 4) is 0 Å². The Morgan fingerprint density at radius 1 is 1.50 bits per heavy atom. The topological polar surface area (TPSA) is 17.1 Å². The van der Waals surface area contributed by atoms with E-state index in [1.54, 1.807) is 13.0 Å². The van der Waals surface area contributed by atoms with Crippen LogP contribution in [0.1, 0.15) is 29.8 Å². The second-order valence-electron chi connectivity index (χ2n) is 2.68. The highest BCUT2D eigenvalue weighted by Gasteiger charge is 2.07. The third-order valence-electron chi connectivity index (χ3n) is 1.85. The fourth-order valence-electron chi connectivity index (χ4n) is 1.25. The summed E-state index contributed by atoms with van der Waals surface area (Å²) in [6.45, 7) is 3.55. The van der Waals surface area contributed by atoms with Crippen molar-refractivity contribution >= 4 is 17.4 Å². The maximum atomic E-state index is 11.1. The number of Topliss-reactive ketones (excluding diaryl/α,β-unsaturated/α-hetero) is 1. The number of halogens is 1. The third kappa shape index (κ3) is 1.67. The molecule has 2 heteroatoms. The van der Waals surface area contributed by atoms with Crippen LogP contribution in [0, 0.1) is 0 Å². The summed E-state index contributed by atoms with van der Waals surface area (Å²) < 4.78 is 0. The molecule has 0 bridgehead atoms. The summed E-state index contributed by atoms with van der Waals surface area (Å²) in [5, 5.41) is 0.685. The summed E-state index contributed by atoms with van der Waals surface area (Å²) >= 11 is 5.92. The van der Waals surface area contributed by atoms with E-state index in [9.17, 15) is 4.79 Å². The number of rotatable bonds is 2. The molecule has 64 valence electrons. The van der Waals surface area contributed by atoms with Crippen molar-refractivity contribution in [2.45, 2.75) is 20.3 Å². The molecule has 1 aromatic rings. The standard InChI is InChI=1S/C10H11ClO/c1-3-8-9(7(2)12)5-4-6-10(8)11/h4-6H,3H2,1-2H3. The van der Waals surface area contributed by atoms with Crippen LogP contribution < -0.4 is 0 Å². The number of benzene rings is 1. The molecular formula is C10H11ClO. The van der Waals surface area contributed by atoms with Crippen molar-refractivity contribution in [3.63, 3.8) is 0 Å². The summed E-state index contributed by atoms with van der Waals surface area (Å²) in [5.74, 6) is 0.0781. The first-order valence-electron chi connectivity index (χ1n) is 3.95. The second-order valence-corrected chi connectivity index (χ2v) is 3.08. The second kappa shape index (κ2) is 3.72. The van der Waals surface area contributed by atoms with Gasteiger partial charge in [0, 0.05) is 10.6 Å². The van der Waals surface area contributed by atoms with Gasteiger partial charge in [0.2, 0.25) is 0 Å². The van der Waals surface area contributed by atoms with Crippen molar-refractivity contribution in [1.82, 2.24) is 0 Å². The Morgan fingerprint density at radius 3 is 2.58 bits per heavy atom. The fourth-order valence-corrected chi connectivity index (χ4v) is 1.56. The average molecular weight is 183 g/mol. The van der Waals surface area contributed by atoms with Gasteiger partial charge in [0.05, 0.1) is 0 Å². The van der Waals surface area contributed by atoms with E-state index in [1.165, 1.54) is 0 Å². The first-order valence-corrected chi connectivity index (χ1v) is 4.33. The predicted molar refractivity (Wildman–Crippen MR) is 50.8 cm³/mol. The van der Waals surface area contributed by atoms with Crippen molar-refractivity contribution in [2.24, 2.45) is 0 Å². The van der Waals surface area contributed by atoms with E-state index in [2.05, 4.69) is 0 Å². The molecule has 0 fully saturated rings. The molecule has 1 nitrogen and oxygen atoms in total.